The molecular weight excluding hydrogens is 1520 g/mol. The molecule has 0 fully saturated rings. The van der Waals surface area contributed by atoms with Gasteiger partial charge in [0.2, 0.25) is 0 Å². The van der Waals surface area contributed by atoms with Crippen LogP contribution in [0.5, 0.6) is 0 Å². The zero-order valence-corrected chi connectivity index (χ0v) is 80.1. The lowest BCUT2D eigenvalue weighted by molar-refractivity contribution is -0.138. The fourth-order valence-corrected chi connectivity index (χ4v) is 12.3. The maximum Gasteiger partial charge on any atom is 0.303 e. The van der Waals surface area contributed by atoms with Crippen molar-refractivity contribution in [1.29, 1.82) is 0 Å². The molecular formula is C100H200O20. The molecule has 0 aliphatic rings. The number of unbranched alkanes of at least 4 members (excludes halogenated alkanes) is 60. The summed E-state index contributed by atoms with van der Waals surface area (Å²) in [6.45, 7) is 22.0. The minimum Gasteiger partial charge on any atom is -0.481 e. The molecule has 0 atom stereocenters. The first-order valence-electron chi connectivity index (χ1n) is 49.9. The topological polar surface area (TPSA) is 373 Å². The van der Waals surface area contributed by atoms with E-state index in [9.17, 15) is 47.9 Å². The fourth-order valence-electron chi connectivity index (χ4n) is 12.3. The molecule has 0 aliphatic carbocycles. The molecule has 0 aromatic carbocycles. The Balaban J connectivity index is -0.000000140. The molecule has 0 saturated heterocycles. The van der Waals surface area contributed by atoms with Crippen LogP contribution in [0.25, 0.3) is 0 Å². The van der Waals surface area contributed by atoms with Crippen molar-refractivity contribution in [2.24, 2.45) is 0 Å². The SMILES string of the molecule is CCCCCCCCCC(=O)O.CCCCCCCCCC(=O)O.CCCCCCCCCC(=O)O.CCCCCCCCCC(=O)O.CCCCCCCCCC(=O)O.CCCCCCCCCC(=O)O.CCCCCCCCCC(=O)O.CCCCCCCCCC(=O)O.CCCCCCCCCC(=O)O.CCCCCCCCCC(=O)O. The lowest BCUT2D eigenvalue weighted by Crippen LogP contribution is -1.93. The van der Waals surface area contributed by atoms with Gasteiger partial charge in [0.15, 0.2) is 0 Å². The number of aliphatic carboxylic acids is 10. The molecule has 0 saturated carbocycles. The van der Waals surface area contributed by atoms with Crippen LogP contribution in [0.15, 0.2) is 0 Å². The average Bonchev–Trinajstić information content (AvgIpc) is 1.32. The van der Waals surface area contributed by atoms with Gasteiger partial charge in [-0.2, -0.15) is 0 Å². The predicted molar refractivity (Wildman–Crippen MR) is 502 cm³/mol. The average molecular weight is 1720 g/mol. The number of carboxylic acids is 10. The van der Waals surface area contributed by atoms with E-state index in [1.165, 1.54) is 321 Å². The van der Waals surface area contributed by atoms with Gasteiger partial charge in [-0.25, -0.2) is 0 Å². The van der Waals surface area contributed by atoms with Crippen molar-refractivity contribution >= 4 is 59.7 Å². The molecule has 0 amide bonds. The van der Waals surface area contributed by atoms with Gasteiger partial charge in [0.05, 0.1) is 0 Å². The Bertz CT molecular complexity index is 1570. The summed E-state index contributed by atoms with van der Waals surface area (Å²) in [4.78, 5) is 101. The first-order chi connectivity index (χ1) is 57.7. The van der Waals surface area contributed by atoms with Crippen molar-refractivity contribution in [3.05, 3.63) is 0 Å². The minimum atomic E-state index is -0.663. The molecule has 0 aromatic heterocycles. The fraction of sp³-hybridized carbons (Fsp3) is 0.900. The summed E-state index contributed by atoms with van der Waals surface area (Å²) >= 11 is 0. The Morgan fingerprint density at radius 2 is 0.150 bits per heavy atom. The number of carbonyl (C=O) groups is 10. The number of carboxylic acid groups (broad SMARTS) is 10. The smallest absolute Gasteiger partial charge is 0.303 e. The highest BCUT2D eigenvalue weighted by Gasteiger charge is 2.04. The van der Waals surface area contributed by atoms with Crippen molar-refractivity contribution in [1.82, 2.24) is 0 Å². The molecule has 0 rings (SSSR count). The molecule has 720 valence electrons. The summed E-state index contributed by atoms with van der Waals surface area (Å²) in [6, 6.07) is 0. The van der Waals surface area contributed by atoms with Crippen LogP contribution in [0.2, 0.25) is 0 Å². The Kier molecular flexibility index (Phi) is 148. The molecule has 0 bridgehead atoms. The van der Waals surface area contributed by atoms with E-state index >= 15 is 0 Å². The summed E-state index contributed by atoms with van der Waals surface area (Å²) in [6.07, 6.45) is 86.4. The molecule has 20 nitrogen and oxygen atoms in total. The van der Waals surface area contributed by atoms with Crippen LogP contribution in [0.3, 0.4) is 0 Å². The summed E-state index contributed by atoms with van der Waals surface area (Å²) in [5.74, 6) is -6.63. The van der Waals surface area contributed by atoms with Crippen LogP contribution in [0.4, 0.5) is 0 Å². The van der Waals surface area contributed by atoms with E-state index in [1.54, 1.807) is 0 Å². The normalized spacial score (nSPS) is 10.1. The molecule has 20 heteroatoms. The Morgan fingerprint density at radius 1 is 0.100 bits per heavy atom. The maximum absolute atomic E-state index is 10.1. The second-order valence-corrected chi connectivity index (χ2v) is 32.7. The van der Waals surface area contributed by atoms with Crippen molar-refractivity contribution < 1.29 is 99.0 Å². The molecule has 10 N–H and O–H groups in total. The maximum atomic E-state index is 10.1. The Labute approximate surface area is 737 Å². The van der Waals surface area contributed by atoms with Crippen molar-refractivity contribution in [2.75, 3.05) is 0 Å². The molecule has 0 aliphatic heterocycles. The standard InChI is InChI=1S/10C10H20O2/c10*1-2-3-4-5-6-7-8-9-10(11)12/h10*2-9H2,1H3,(H,11,12). The molecule has 0 aromatic rings. The first kappa shape index (κ1) is 135. The van der Waals surface area contributed by atoms with Crippen molar-refractivity contribution in [2.45, 2.75) is 583 Å². The third-order valence-electron chi connectivity index (χ3n) is 19.9. The highest BCUT2D eigenvalue weighted by Crippen LogP contribution is 2.16. The summed E-state index contributed by atoms with van der Waals surface area (Å²) in [5, 5.41) is 83.5. The van der Waals surface area contributed by atoms with Gasteiger partial charge in [-0.05, 0) is 64.2 Å². The van der Waals surface area contributed by atoms with E-state index < -0.39 is 59.7 Å². The Morgan fingerprint density at radius 3 is 0.200 bits per heavy atom. The molecule has 0 unspecified atom stereocenters. The third kappa shape index (κ3) is 196. The highest BCUT2D eigenvalue weighted by molar-refractivity contribution is 5.69. The Hall–Kier alpha value is -5.30. The van der Waals surface area contributed by atoms with Crippen LogP contribution >= 0.6 is 0 Å². The monoisotopic (exact) mass is 1720 g/mol. The number of rotatable bonds is 80. The minimum absolute atomic E-state index is 0.341. The van der Waals surface area contributed by atoms with Crippen LogP contribution < -0.4 is 0 Å². The van der Waals surface area contributed by atoms with Crippen molar-refractivity contribution in [3.8, 4) is 0 Å². The lowest BCUT2D eigenvalue weighted by atomic mass is 10.1. The van der Waals surface area contributed by atoms with Gasteiger partial charge in [-0.1, -0.05) is 454 Å². The number of hydrogen-bond acceptors (Lipinski definition) is 10. The second-order valence-electron chi connectivity index (χ2n) is 32.7. The highest BCUT2D eigenvalue weighted by atomic mass is 16.4. The van der Waals surface area contributed by atoms with E-state index in [0.29, 0.717) is 64.2 Å². The molecule has 0 radical (unpaired) electrons. The van der Waals surface area contributed by atoms with Gasteiger partial charge in [0.1, 0.15) is 0 Å². The van der Waals surface area contributed by atoms with Crippen LogP contribution in [-0.2, 0) is 47.9 Å². The van der Waals surface area contributed by atoms with Crippen LogP contribution in [0.1, 0.15) is 583 Å². The van der Waals surface area contributed by atoms with E-state index in [4.69, 9.17) is 51.1 Å². The molecule has 120 heavy (non-hydrogen) atoms. The quantitative estimate of drug-likeness (QED) is 0.0253. The second kappa shape index (κ2) is 132. The van der Waals surface area contributed by atoms with Crippen LogP contribution in [0, 0.1) is 0 Å². The van der Waals surface area contributed by atoms with Gasteiger partial charge in [-0.15, -0.1) is 0 Å². The van der Waals surface area contributed by atoms with Gasteiger partial charge in [0, 0.05) is 64.2 Å². The zero-order chi connectivity index (χ0) is 92.3. The number of hydrogen-bond donors (Lipinski definition) is 10. The zero-order valence-electron chi connectivity index (χ0n) is 80.1. The summed E-state index contributed by atoms with van der Waals surface area (Å²) in [5.41, 5.74) is 0. The lowest BCUT2D eigenvalue weighted by Gasteiger charge is -1.98. The molecule has 0 spiro atoms. The van der Waals surface area contributed by atoms with Gasteiger partial charge < -0.3 is 51.1 Å². The first-order valence-corrected chi connectivity index (χ1v) is 49.9. The van der Waals surface area contributed by atoms with Gasteiger partial charge in [0.25, 0.3) is 0 Å². The van der Waals surface area contributed by atoms with Gasteiger partial charge in [-0.3, -0.25) is 47.9 Å². The molecule has 0 heterocycles. The van der Waals surface area contributed by atoms with E-state index in [1.807, 2.05) is 0 Å². The summed E-state index contributed by atoms with van der Waals surface area (Å²) in [7, 11) is 0. The van der Waals surface area contributed by atoms with E-state index in [2.05, 4.69) is 69.2 Å². The largest absolute Gasteiger partial charge is 0.481 e. The van der Waals surface area contributed by atoms with Gasteiger partial charge >= 0.3 is 59.7 Å². The third-order valence-corrected chi connectivity index (χ3v) is 19.9. The van der Waals surface area contributed by atoms with E-state index in [-0.39, 0.29) is 0 Å². The predicted octanol–water partition coefficient (Wildman–Crippen LogP) is 32.1. The van der Waals surface area contributed by atoms with Crippen LogP contribution in [-0.4, -0.2) is 111 Å². The van der Waals surface area contributed by atoms with Crippen molar-refractivity contribution in [3.63, 3.8) is 0 Å². The van der Waals surface area contributed by atoms with E-state index in [0.717, 1.165) is 128 Å². The summed E-state index contributed by atoms with van der Waals surface area (Å²) < 4.78 is 0.